The van der Waals surface area contributed by atoms with Gasteiger partial charge in [-0.15, -0.1) is 0 Å². The summed E-state index contributed by atoms with van der Waals surface area (Å²) in [6.07, 6.45) is 13.9. The van der Waals surface area contributed by atoms with E-state index in [0.717, 1.165) is 12.0 Å². The monoisotopic (exact) mass is 856 g/mol. The van der Waals surface area contributed by atoms with E-state index in [-0.39, 0.29) is 78.7 Å². The van der Waals surface area contributed by atoms with E-state index >= 15 is 0 Å². The third-order valence-corrected chi connectivity index (χ3v) is 14.0. The van der Waals surface area contributed by atoms with Gasteiger partial charge in [0, 0.05) is 57.8 Å². The van der Waals surface area contributed by atoms with Crippen molar-refractivity contribution in [2.24, 2.45) is 35.5 Å². The SMILES string of the molecule is CO[C@H]1C[C@@H]2CC[C@@H](C)[C@](O)(CC(=O)N3CCCC3C(=O)O[C@H]([C@H](C)C[C@@H]3CC[C@@H](O)[C@H](OC)C3)CC(=O)[C@H](C)/C=C(\C)[C@@H](O)CC(=O)[C@H](C)C[C@H](C)/C=C/C=C/C=C/1C)O2. The van der Waals surface area contributed by atoms with Crippen LogP contribution in [0, 0.1) is 35.5 Å². The average molecular weight is 856 g/mol. The van der Waals surface area contributed by atoms with Crippen molar-refractivity contribution >= 4 is 23.4 Å². The van der Waals surface area contributed by atoms with Gasteiger partial charge in [0.1, 0.15) is 23.7 Å². The molecule has 4 rings (SSSR count). The molecular weight excluding hydrogens is 779 g/mol. The Kier molecular flexibility index (Phi) is 19.6. The number of carbonyl (C=O) groups is 4. The number of amides is 1. The zero-order chi connectivity index (χ0) is 45.0. The van der Waals surface area contributed by atoms with Crippen molar-refractivity contribution in [2.45, 2.75) is 180 Å². The number of rotatable bonds is 5. The van der Waals surface area contributed by atoms with Crippen LogP contribution in [0.3, 0.4) is 0 Å². The maximum atomic E-state index is 14.2. The van der Waals surface area contributed by atoms with Gasteiger partial charge in [-0.3, -0.25) is 14.4 Å². The molecule has 1 unspecified atom stereocenters. The Morgan fingerprint density at radius 2 is 1.61 bits per heavy atom. The van der Waals surface area contributed by atoms with Gasteiger partial charge in [0.2, 0.25) is 5.91 Å². The maximum absolute atomic E-state index is 14.2. The fourth-order valence-electron chi connectivity index (χ4n) is 9.71. The van der Waals surface area contributed by atoms with Crippen LogP contribution in [0.5, 0.6) is 0 Å². The summed E-state index contributed by atoms with van der Waals surface area (Å²) in [6.45, 7) is 13.6. The van der Waals surface area contributed by atoms with Crippen molar-refractivity contribution in [1.29, 1.82) is 0 Å². The van der Waals surface area contributed by atoms with Crippen molar-refractivity contribution in [3.05, 3.63) is 47.6 Å². The number of methoxy groups -OCH3 is 2. The van der Waals surface area contributed by atoms with E-state index in [1.54, 1.807) is 34.1 Å². The molecule has 12 nitrogen and oxygen atoms in total. The lowest BCUT2D eigenvalue weighted by Crippen LogP contribution is -2.52. The first kappa shape index (κ1) is 50.6. The molecule has 0 aromatic rings. The summed E-state index contributed by atoms with van der Waals surface area (Å²) in [4.78, 5) is 56.9. The molecule has 3 fully saturated rings. The lowest BCUT2D eigenvalue weighted by atomic mass is 9.78. The average Bonchev–Trinajstić information content (AvgIpc) is 3.71. The molecule has 0 radical (unpaired) electrons. The molecule has 0 aromatic carbocycles. The number of hydrogen-bond acceptors (Lipinski definition) is 11. The Labute approximate surface area is 365 Å². The molecule has 3 N–H and O–H groups in total. The Hall–Kier alpha value is -3.00. The lowest BCUT2D eigenvalue weighted by molar-refractivity contribution is -0.283. The van der Waals surface area contributed by atoms with Gasteiger partial charge in [0.15, 0.2) is 5.79 Å². The summed E-state index contributed by atoms with van der Waals surface area (Å²) in [5, 5.41) is 33.4. The third-order valence-electron chi connectivity index (χ3n) is 14.0. The van der Waals surface area contributed by atoms with Gasteiger partial charge in [-0.25, -0.2) is 4.79 Å². The predicted octanol–water partition coefficient (Wildman–Crippen LogP) is 6.99. The second-order valence-electron chi connectivity index (χ2n) is 19.0. The van der Waals surface area contributed by atoms with E-state index < -0.39 is 47.9 Å². The predicted molar refractivity (Wildman–Crippen MR) is 234 cm³/mol. The first-order chi connectivity index (χ1) is 28.8. The van der Waals surface area contributed by atoms with Crippen LogP contribution in [-0.2, 0) is 38.1 Å². The normalized spacial score (nSPS) is 40.8. The number of hydrogen-bond donors (Lipinski definition) is 3. The van der Waals surface area contributed by atoms with Crippen LogP contribution in [0.15, 0.2) is 47.6 Å². The third kappa shape index (κ3) is 14.5. The molecule has 1 aliphatic carbocycles. The molecule has 14 atom stereocenters. The van der Waals surface area contributed by atoms with Crippen LogP contribution in [0.4, 0.5) is 0 Å². The summed E-state index contributed by atoms with van der Waals surface area (Å²) in [6, 6.07) is -0.875. The van der Waals surface area contributed by atoms with Crippen LogP contribution in [0.25, 0.3) is 0 Å². The fourth-order valence-corrected chi connectivity index (χ4v) is 9.71. The van der Waals surface area contributed by atoms with Crippen LogP contribution < -0.4 is 0 Å². The number of aliphatic hydroxyl groups excluding tert-OH is 2. The highest BCUT2D eigenvalue weighted by Crippen LogP contribution is 2.39. The second-order valence-corrected chi connectivity index (χ2v) is 19.0. The number of esters is 1. The van der Waals surface area contributed by atoms with Gasteiger partial charge in [-0.1, -0.05) is 71.1 Å². The molecule has 1 amide bonds. The smallest absolute Gasteiger partial charge is 0.329 e. The van der Waals surface area contributed by atoms with Crippen LogP contribution >= 0.6 is 0 Å². The number of ketones is 2. The minimum atomic E-state index is -1.73. The first-order valence-corrected chi connectivity index (χ1v) is 22.9. The van der Waals surface area contributed by atoms with Gasteiger partial charge < -0.3 is 39.2 Å². The molecule has 4 aliphatic rings. The number of carbonyl (C=O) groups excluding carboxylic acids is 4. The zero-order valence-corrected chi connectivity index (χ0v) is 38.4. The van der Waals surface area contributed by atoms with Gasteiger partial charge in [0.25, 0.3) is 0 Å². The van der Waals surface area contributed by atoms with Crippen LogP contribution in [-0.4, -0.2) is 113 Å². The highest BCUT2D eigenvalue weighted by molar-refractivity contribution is 5.87. The van der Waals surface area contributed by atoms with Gasteiger partial charge in [0.05, 0.1) is 36.9 Å². The summed E-state index contributed by atoms with van der Waals surface area (Å²) >= 11 is 0. The summed E-state index contributed by atoms with van der Waals surface area (Å²) in [7, 11) is 3.23. The van der Waals surface area contributed by atoms with E-state index in [2.05, 4.69) is 6.92 Å². The highest BCUT2D eigenvalue weighted by Gasteiger charge is 2.47. The molecule has 12 heteroatoms. The molecule has 3 aliphatic heterocycles. The van der Waals surface area contributed by atoms with E-state index in [0.29, 0.717) is 69.9 Å². The number of ether oxygens (including phenoxy) is 4. The van der Waals surface area contributed by atoms with Crippen molar-refractivity contribution in [2.75, 3.05) is 20.8 Å². The van der Waals surface area contributed by atoms with E-state index in [1.807, 2.05) is 58.1 Å². The van der Waals surface area contributed by atoms with Crippen molar-refractivity contribution < 1.29 is 53.4 Å². The summed E-state index contributed by atoms with van der Waals surface area (Å²) < 4.78 is 24.0. The zero-order valence-electron chi connectivity index (χ0n) is 38.4. The van der Waals surface area contributed by atoms with Crippen LogP contribution in [0.1, 0.15) is 132 Å². The highest BCUT2D eigenvalue weighted by atomic mass is 16.6. The molecule has 2 bridgehead atoms. The molecule has 3 heterocycles. The first-order valence-electron chi connectivity index (χ1n) is 22.9. The van der Waals surface area contributed by atoms with Crippen LogP contribution in [0.2, 0.25) is 0 Å². The summed E-state index contributed by atoms with van der Waals surface area (Å²) in [5.41, 5.74) is 1.51. The maximum Gasteiger partial charge on any atom is 0.329 e. The molecule has 1 saturated carbocycles. The number of fused-ring (bicyclic) bond motifs is 3. The molecule has 2 saturated heterocycles. The summed E-state index contributed by atoms with van der Waals surface area (Å²) in [5.74, 6) is -4.09. The lowest BCUT2D eigenvalue weighted by Gasteiger charge is -2.43. The minimum Gasteiger partial charge on any atom is -0.460 e. The van der Waals surface area contributed by atoms with Gasteiger partial charge in [-0.05, 0) is 101 Å². The number of nitrogens with zero attached hydrogens (tertiary/aromatic N) is 1. The second kappa shape index (κ2) is 23.6. The largest absolute Gasteiger partial charge is 0.460 e. The van der Waals surface area contributed by atoms with Crippen molar-refractivity contribution in [3.63, 3.8) is 0 Å². The number of allylic oxidation sites excluding steroid dienone is 6. The Bertz CT molecular complexity index is 1600. The molecular formula is C49H77NO11. The fraction of sp³-hybridized carbons (Fsp3) is 0.755. The topological polar surface area (TPSA) is 169 Å². The Balaban J connectivity index is 1.62. The van der Waals surface area contributed by atoms with E-state index in [4.69, 9.17) is 18.9 Å². The molecule has 0 aromatic heterocycles. The van der Waals surface area contributed by atoms with Gasteiger partial charge in [-0.2, -0.15) is 0 Å². The van der Waals surface area contributed by atoms with E-state index in [9.17, 15) is 34.5 Å². The molecule has 0 spiro atoms. The van der Waals surface area contributed by atoms with E-state index in [1.165, 1.54) is 4.90 Å². The number of cyclic esters (lactones) is 1. The van der Waals surface area contributed by atoms with Crippen molar-refractivity contribution in [3.8, 4) is 0 Å². The number of aliphatic hydroxyl groups is 3. The Morgan fingerprint density at radius 1 is 0.869 bits per heavy atom. The number of Topliss-reactive ketones (excluding diaryl/α,β-unsaturated/α-hetero) is 2. The molecule has 344 valence electrons. The Morgan fingerprint density at radius 3 is 2.31 bits per heavy atom. The molecule has 61 heavy (non-hydrogen) atoms. The van der Waals surface area contributed by atoms with Crippen molar-refractivity contribution in [1.82, 2.24) is 4.90 Å². The standard InChI is InChI=1S/C49H77NO11/c1-30-14-11-10-12-15-31(2)44(58-8)26-38-19-17-36(7)49(57,61-38)29-47(55)50-21-13-16-39(50)48(56)60-45(35(6)24-37-18-20-40(51)46(25-37)59-9)28-43(54)34(5)23-33(4)42(53)27-41(52)32(3)22-30/h10-12,14-15,23,30,32,34-40,42,44-46,51,53,57H,13,16-22,24-29H2,1-9H3/b12-10+,14-11+,31-15+,33-23+/t30-,32-,34-,35-,36-,37+,38+,39?,40-,42+,44+,45+,46-,49+/m1/s1. The minimum absolute atomic E-state index is 0.0517. The quantitative estimate of drug-likeness (QED) is 0.193. The van der Waals surface area contributed by atoms with Gasteiger partial charge >= 0.3 is 5.97 Å².